The Balaban J connectivity index is 1.74. The van der Waals surface area contributed by atoms with Crippen molar-refractivity contribution in [1.29, 1.82) is 5.41 Å². The highest BCUT2D eigenvalue weighted by Crippen LogP contribution is 2.66. The number of aromatic nitrogens is 1. The second-order valence-electron chi connectivity index (χ2n) is 7.33. The lowest BCUT2D eigenvalue weighted by molar-refractivity contribution is -0.0551. The van der Waals surface area contributed by atoms with E-state index in [1.165, 1.54) is 12.8 Å². The smallest absolute Gasteiger partial charge is 0.142 e. The van der Waals surface area contributed by atoms with Crippen LogP contribution >= 0.6 is 0 Å². The third-order valence-electron chi connectivity index (χ3n) is 6.30. The normalized spacial score (nSPS) is 33.3. The molecule has 0 radical (unpaired) electrons. The number of amidine groups is 1. The van der Waals surface area contributed by atoms with Crippen LogP contribution in [0.2, 0.25) is 0 Å². The molecule has 0 amide bonds. The largest absolute Gasteiger partial charge is 0.382 e. The van der Waals surface area contributed by atoms with Crippen LogP contribution < -0.4 is 5.73 Å². The Morgan fingerprint density at radius 2 is 2.24 bits per heavy atom. The van der Waals surface area contributed by atoms with Crippen LogP contribution in [-0.2, 0) is 11.3 Å². The van der Waals surface area contributed by atoms with E-state index in [4.69, 9.17) is 15.9 Å². The van der Waals surface area contributed by atoms with Crippen LogP contribution in [0.25, 0.3) is 0 Å². The summed E-state index contributed by atoms with van der Waals surface area (Å²) in [5.41, 5.74) is 7.67. The highest BCUT2D eigenvalue weighted by Gasteiger charge is 2.61. The van der Waals surface area contributed by atoms with Gasteiger partial charge in [-0.2, -0.15) is 0 Å². The number of hydrogen-bond donors (Lipinski definition) is 2. The Bertz CT molecular complexity index is 569. The van der Waals surface area contributed by atoms with Gasteiger partial charge in [-0.1, -0.05) is 26.8 Å². The quantitative estimate of drug-likeness (QED) is 0.660. The van der Waals surface area contributed by atoms with Gasteiger partial charge in [0.15, 0.2) is 0 Å². The molecule has 4 heteroatoms. The zero-order valence-electron chi connectivity index (χ0n) is 13.1. The molecule has 0 saturated heterocycles. The molecular weight excluding hydrogens is 262 g/mol. The Morgan fingerprint density at radius 1 is 1.48 bits per heavy atom. The average Bonchev–Trinajstić information content (AvgIpc) is 2.78. The van der Waals surface area contributed by atoms with Gasteiger partial charge in [-0.05, 0) is 42.1 Å². The molecule has 2 aliphatic carbocycles. The molecule has 2 bridgehead atoms. The van der Waals surface area contributed by atoms with Gasteiger partial charge in [-0.3, -0.25) is 10.4 Å². The molecule has 2 fully saturated rings. The maximum absolute atomic E-state index is 7.61. The van der Waals surface area contributed by atoms with Gasteiger partial charge in [0.2, 0.25) is 0 Å². The van der Waals surface area contributed by atoms with E-state index < -0.39 is 0 Å². The summed E-state index contributed by atoms with van der Waals surface area (Å²) >= 11 is 0. The highest BCUT2D eigenvalue weighted by atomic mass is 16.5. The summed E-state index contributed by atoms with van der Waals surface area (Å²) in [5.74, 6) is 0.780. The van der Waals surface area contributed by atoms with Gasteiger partial charge < -0.3 is 10.5 Å². The summed E-state index contributed by atoms with van der Waals surface area (Å²) in [6, 6.07) is 3.82. The minimum absolute atomic E-state index is 0.00804. The van der Waals surface area contributed by atoms with Crippen LogP contribution in [0.1, 0.15) is 51.3 Å². The second kappa shape index (κ2) is 4.80. The van der Waals surface area contributed by atoms with Gasteiger partial charge in [-0.25, -0.2) is 0 Å². The Labute approximate surface area is 126 Å². The first-order valence-electron chi connectivity index (χ1n) is 7.76. The van der Waals surface area contributed by atoms with Crippen LogP contribution in [0.4, 0.5) is 0 Å². The van der Waals surface area contributed by atoms with Crippen molar-refractivity contribution in [1.82, 2.24) is 4.98 Å². The molecule has 21 heavy (non-hydrogen) atoms. The number of nitrogen functional groups attached to an aromatic ring is 1. The minimum Gasteiger partial charge on any atom is -0.382 e. The van der Waals surface area contributed by atoms with Crippen molar-refractivity contribution in [3.8, 4) is 0 Å². The number of nitrogens with two attached hydrogens (primary N) is 1. The van der Waals surface area contributed by atoms with Gasteiger partial charge in [0.25, 0.3) is 0 Å². The van der Waals surface area contributed by atoms with Crippen molar-refractivity contribution in [2.75, 3.05) is 0 Å². The van der Waals surface area contributed by atoms with Crippen LogP contribution in [0.5, 0.6) is 0 Å². The van der Waals surface area contributed by atoms with E-state index in [0.29, 0.717) is 23.8 Å². The lowest BCUT2D eigenvalue weighted by Crippen LogP contribution is -2.37. The van der Waals surface area contributed by atoms with Crippen molar-refractivity contribution in [2.24, 2.45) is 22.5 Å². The molecule has 1 aromatic heterocycles. The number of fused-ring (bicyclic) bond motifs is 2. The zero-order chi connectivity index (χ0) is 15.3. The van der Waals surface area contributed by atoms with Crippen molar-refractivity contribution >= 4 is 5.84 Å². The molecule has 0 aromatic carbocycles. The molecule has 0 spiro atoms. The molecule has 2 saturated carbocycles. The molecule has 1 aromatic rings. The maximum Gasteiger partial charge on any atom is 0.142 e. The summed E-state index contributed by atoms with van der Waals surface area (Å²) in [5, 5.41) is 7.61. The predicted molar refractivity (Wildman–Crippen MR) is 83.1 cm³/mol. The molecule has 4 nitrogen and oxygen atoms in total. The fourth-order valence-corrected chi connectivity index (χ4v) is 4.37. The van der Waals surface area contributed by atoms with Crippen LogP contribution in [-0.4, -0.2) is 16.9 Å². The number of hydrogen-bond acceptors (Lipinski definition) is 3. The molecule has 1 heterocycles. The molecule has 3 unspecified atom stereocenters. The molecule has 3 N–H and O–H groups in total. The highest BCUT2D eigenvalue weighted by molar-refractivity contribution is 5.94. The first-order valence-corrected chi connectivity index (χ1v) is 7.76. The lowest BCUT2D eigenvalue weighted by atomic mass is 9.70. The Hall–Kier alpha value is -1.42. The van der Waals surface area contributed by atoms with Gasteiger partial charge in [0.05, 0.1) is 12.7 Å². The topological polar surface area (TPSA) is 72.0 Å². The van der Waals surface area contributed by atoms with E-state index in [0.717, 1.165) is 17.9 Å². The average molecular weight is 287 g/mol. The molecule has 2 aliphatic rings. The first-order chi connectivity index (χ1) is 9.86. The van der Waals surface area contributed by atoms with Crippen molar-refractivity contribution in [2.45, 2.75) is 52.7 Å². The van der Waals surface area contributed by atoms with Gasteiger partial charge in [0, 0.05) is 11.8 Å². The Morgan fingerprint density at radius 3 is 2.81 bits per heavy atom. The third-order valence-corrected chi connectivity index (χ3v) is 6.30. The van der Waals surface area contributed by atoms with Crippen LogP contribution in [0.3, 0.4) is 0 Å². The number of rotatable bonds is 4. The number of nitrogens with zero attached hydrogens (tertiary/aromatic N) is 1. The van der Waals surface area contributed by atoms with E-state index in [1.807, 2.05) is 12.1 Å². The van der Waals surface area contributed by atoms with E-state index >= 15 is 0 Å². The van der Waals surface area contributed by atoms with Gasteiger partial charge in [0.1, 0.15) is 11.5 Å². The van der Waals surface area contributed by atoms with E-state index in [1.54, 1.807) is 6.20 Å². The summed E-state index contributed by atoms with van der Waals surface area (Å²) < 4.78 is 6.26. The molecule has 0 aliphatic heterocycles. The fourth-order valence-electron chi connectivity index (χ4n) is 4.37. The van der Waals surface area contributed by atoms with Crippen molar-refractivity contribution in [3.63, 3.8) is 0 Å². The monoisotopic (exact) mass is 287 g/mol. The van der Waals surface area contributed by atoms with Gasteiger partial charge >= 0.3 is 0 Å². The lowest BCUT2D eigenvalue weighted by Gasteiger charge is -2.39. The van der Waals surface area contributed by atoms with Crippen molar-refractivity contribution < 1.29 is 4.74 Å². The zero-order valence-corrected chi connectivity index (χ0v) is 13.1. The van der Waals surface area contributed by atoms with E-state index in [2.05, 4.69) is 25.8 Å². The molecule has 3 rings (SSSR count). The van der Waals surface area contributed by atoms with Gasteiger partial charge in [-0.15, -0.1) is 0 Å². The van der Waals surface area contributed by atoms with Crippen LogP contribution in [0, 0.1) is 22.2 Å². The first kappa shape index (κ1) is 14.5. The molecule has 114 valence electrons. The Kier molecular flexibility index (Phi) is 3.32. The minimum atomic E-state index is 0.00804. The van der Waals surface area contributed by atoms with Crippen LogP contribution in [0.15, 0.2) is 18.3 Å². The van der Waals surface area contributed by atoms with E-state index in [9.17, 15) is 0 Å². The van der Waals surface area contributed by atoms with Crippen molar-refractivity contribution in [3.05, 3.63) is 29.6 Å². The summed E-state index contributed by atoms with van der Waals surface area (Å²) in [6.45, 7) is 7.64. The number of pyridine rings is 1. The SMILES string of the molecule is CC1(C)C2CCC1(C)C(OCc1cccnc1C(=N)N)C2. The predicted octanol–water partition coefficient (Wildman–Crippen LogP) is 3.10. The summed E-state index contributed by atoms with van der Waals surface area (Å²) in [7, 11) is 0. The standard InChI is InChI=1S/C17H25N3O/c1-16(2)12-6-7-17(16,3)13(9-12)21-10-11-5-4-8-20-14(11)15(18)19/h4-5,8,12-13H,6-7,9-10H2,1-3H3,(H3,18,19). The number of nitrogens with one attached hydrogen (secondary N) is 1. The fraction of sp³-hybridized carbons (Fsp3) is 0.647. The number of ether oxygens (including phenoxy) is 1. The molecule has 3 atom stereocenters. The van der Waals surface area contributed by atoms with E-state index in [-0.39, 0.29) is 11.3 Å². The maximum atomic E-state index is 7.61. The summed E-state index contributed by atoms with van der Waals surface area (Å²) in [4.78, 5) is 4.19. The summed E-state index contributed by atoms with van der Waals surface area (Å²) in [6.07, 6.45) is 5.70. The third kappa shape index (κ3) is 2.08. The second-order valence-corrected chi connectivity index (χ2v) is 7.33. The molecular formula is C17H25N3O.